The van der Waals surface area contributed by atoms with Crippen LogP contribution in [-0.4, -0.2) is 11.7 Å². The third-order valence-corrected chi connectivity index (χ3v) is 2.01. The fourth-order valence-corrected chi connectivity index (χ4v) is 1.19. The second-order valence-corrected chi connectivity index (χ2v) is 3.13. The first-order valence-electron chi connectivity index (χ1n) is 4.19. The Morgan fingerprint density at radius 3 is 2.33 bits per heavy atom. The maximum absolute atomic E-state index is 12.2. The van der Waals surface area contributed by atoms with Gasteiger partial charge in [0.15, 0.2) is 0 Å². The van der Waals surface area contributed by atoms with Crippen LogP contribution in [0.15, 0.2) is 18.2 Å². The van der Waals surface area contributed by atoms with Crippen LogP contribution in [0, 0.1) is 0 Å². The van der Waals surface area contributed by atoms with Crippen molar-refractivity contribution in [3.05, 3.63) is 29.3 Å². The molecule has 5 N–H and O–H groups in total. The van der Waals surface area contributed by atoms with E-state index in [4.69, 9.17) is 16.6 Å². The quantitative estimate of drug-likeness (QED) is 0.657. The molecule has 0 saturated heterocycles. The molecule has 0 amide bonds. The third kappa shape index (κ3) is 2.60. The molecule has 0 radical (unpaired) electrons. The maximum atomic E-state index is 12.2. The summed E-state index contributed by atoms with van der Waals surface area (Å²) in [6.45, 7) is -0.366. The molecule has 15 heavy (non-hydrogen) atoms. The molecular weight excluding hydrogens is 209 g/mol. The molecule has 1 atom stereocenters. The van der Waals surface area contributed by atoms with Gasteiger partial charge in [-0.3, -0.25) is 0 Å². The normalized spacial score (nSPS) is 13.9. The minimum absolute atomic E-state index is 0.0635. The van der Waals surface area contributed by atoms with Crippen molar-refractivity contribution in [1.82, 2.24) is 0 Å². The van der Waals surface area contributed by atoms with Crippen molar-refractivity contribution in [1.29, 1.82) is 0 Å². The average molecular weight is 220 g/mol. The molecule has 0 fully saturated rings. The summed E-state index contributed by atoms with van der Waals surface area (Å²) in [4.78, 5) is 0. The summed E-state index contributed by atoms with van der Waals surface area (Å²) >= 11 is 0. The Labute approximate surface area is 84.5 Å². The molecule has 0 aliphatic rings. The minimum atomic E-state index is -4.42. The monoisotopic (exact) mass is 220 g/mol. The van der Waals surface area contributed by atoms with E-state index in [1.165, 1.54) is 6.07 Å². The second kappa shape index (κ2) is 4.08. The molecule has 0 unspecified atom stereocenters. The number of aliphatic hydroxyl groups is 1. The summed E-state index contributed by atoms with van der Waals surface area (Å²) in [5, 5.41) is 8.74. The summed E-state index contributed by atoms with van der Waals surface area (Å²) in [5.41, 5.74) is 10.3. The number of benzene rings is 1. The minimum Gasteiger partial charge on any atom is -0.398 e. The Morgan fingerprint density at radius 1 is 1.33 bits per heavy atom. The molecule has 1 aromatic rings. The SMILES string of the molecule is Nc1cc(C(F)(F)F)ccc1[C@@H](N)CO. The lowest BCUT2D eigenvalue weighted by molar-refractivity contribution is -0.137. The summed E-state index contributed by atoms with van der Waals surface area (Å²) in [5.74, 6) is 0. The largest absolute Gasteiger partial charge is 0.416 e. The fourth-order valence-electron chi connectivity index (χ4n) is 1.19. The van der Waals surface area contributed by atoms with Gasteiger partial charge in [-0.25, -0.2) is 0 Å². The van der Waals surface area contributed by atoms with Crippen LogP contribution >= 0.6 is 0 Å². The number of aliphatic hydroxyl groups excluding tert-OH is 1. The number of halogens is 3. The highest BCUT2D eigenvalue weighted by Crippen LogP contribution is 2.32. The lowest BCUT2D eigenvalue weighted by atomic mass is 10.0. The van der Waals surface area contributed by atoms with Crippen LogP contribution in [0.25, 0.3) is 0 Å². The molecule has 0 bridgehead atoms. The second-order valence-electron chi connectivity index (χ2n) is 3.13. The van der Waals surface area contributed by atoms with E-state index in [1.807, 2.05) is 0 Å². The van der Waals surface area contributed by atoms with Crippen LogP contribution in [-0.2, 0) is 6.18 Å². The number of hydrogen-bond donors (Lipinski definition) is 3. The number of hydrogen-bond acceptors (Lipinski definition) is 3. The van der Waals surface area contributed by atoms with Gasteiger partial charge < -0.3 is 16.6 Å². The average Bonchev–Trinajstić information content (AvgIpc) is 2.15. The van der Waals surface area contributed by atoms with Crippen molar-refractivity contribution < 1.29 is 18.3 Å². The first kappa shape index (κ1) is 11.8. The Hall–Kier alpha value is -1.27. The molecule has 0 heterocycles. The van der Waals surface area contributed by atoms with Crippen molar-refractivity contribution in [2.24, 2.45) is 5.73 Å². The Bertz CT molecular complexity index is 352. The van der Waals surface area contributed by atoms with Crippen LogP contribution in [0.5, 0.6) is 0 Å². The Morgan fingerprint density at radius 2 is 1.93 bits per heavy atom. The summed E-state index contributed by atoms with van der Waals surface area (Å²) in [6.07, 6.45) is -4.42. The van der Waals surface area contributed by atoms with Crippen LogP contribution < -0.4 is 11.5 Å². The Kier molecular flexibility index (Phi) is 3.21. The smallest absolute Gasteiger partial charge is 0.398 e. The van der Waals surface area contributed by atoms with Gasteiger partial charge in [0.1, 0.15) is 0 Å². The Balaban J connectivity index is 3.09. The lowest BCUT2D eigenvalue weighted by Gasteiger charge is -2.14. The zero-order valence-corrected chi connectivity index (χ0v) is 7.75. The number of alkyl halides is 3. The van der Waals surface area contributed by atoms with Gasteiger partial charge >= 0.3 is 6.18 Å². The van der Waals surface area contributed by atoms with Gasteiger partial charge in [-0.2, -0.15) is 13.2 Å². The molecular formula is C9H11F3N2O. The van der Waals surface area contributed by atoms with Crippen molar-refractivity contribution in [2.45, 2.75) is 12.2 Å². The van der Waals surface area contributed by atoms with Gasteiger partial charge in [-0.05, 0) is 17.7 Å². The molecule has 1 aromatic carbocycles. The maximum Gasteiger partial charge on any atom is 0.416 e. The predicted molar refractivity (Wildman–Crippen MR) is 49.9 cm³/mol. The zero-order chi connectivity index (χ0) is 11.6. The van der Waals surface area contributed by atoms with Crippen molar-refractivity contribution in [3.63, 3.8) is 0 Å². The first-order valence-corrected chi connectivity index (χ1v) is 4.19. The van der Waals surface area contributed by atoms with Gasteiger partial charge in [0.2, 0.25) is 0 Å². The summed E-state index contributed by atoms with van der Waals surface area (Å²) < 4.78 is 36.7. The highest BCUT2D eigenvalue weighted by atomic mass is 19.4. The van der Waals surface area contributed by atoms with E-state index in [1.54, 1.807) is 0 Å². The standard InChI is InChI=1S/C9H11F3N2O/c10-9(11,12)5-1-2-6(7(13)3-5)8(14)4-15/h1-3,8,15H,4,13-14H2/t8-/m0/s1. The number of nitrogen functional groups attached to an aromatic ring is 1. The van der Waals surface area contributed by atoms with Gasteiger partial charge in [-0.15, -0.1) is 0 Å². The first-order chi connectivity index (χ1) is 6.86. The van der Waals surface area contributed by atoms with E-state index in [0.717, 1.165) is 12.1 Å². The van der Waals surface area contributed by atoms with Gasteiger partial charge in [-0.1, -0.05) is 6.07 Å². The topological polar surface area (TPSA) is 72.3 Å². The van der Waals surface area contributed by atoms with E-state index in [2.05, 4.69) is 0 Å². The van der Waals surface area contributed by atoms with Crippen LogP contribution in [0.2, 0.25) is 0 Å². The number of nitrogens with two attached hydrogens (primary N) is 2. The molecule has 0 aliphatic heterocycles. The van der Waals surface area contributed by atoms with Gasteiger partial charge in [0.05, 0.1) is 18.2 Å². The van der Waals surface area contributed by atoms with Gasteiger partial charge in [0.25, 0.3) is 0 Å². The molecule has 0 aromatic heterocycles. The molecule has 0 spiro atoms. The fraction of sp³-hybridized carbons (Fsp3) is 0.333. The van der Waals surface area contributed by atoms with E-state index in [0.29, 0.717) is 5.56 Å². The zero-order valence-electron chi connectivity index (χ0n) is 7.75. The molecule has 3 nitrogen and oxygen atoms in total. The van der Waals surface area contributed by atoms with Crippen molar-refractivity contribution >= 4 is 5.69 Å². The summed E-state index contributed by atoms with van der Waals surface area (Å²) in [6, 6.07) is 2.12. The number of rotatable bonds is 2. The van der Waals surface area contributed by atoms with E-state index in [9.17, 15) is 13.2 Å². The van der Waals surface area contributed by atoms with E-state index < -0.39 is 17.8 Å². The molecule has 84 valence electrons. The van der Waals surface area contributed by atoms with E-state index in [-0.39, 0.29) is 12.3 Å². The van der Waals surface area contributed by atoms with Crippen LogP contribution in [0.1, 0.15) is 17.2 Å². The van der Waals surface area contributed by atoms with Crippen LogP contribution in [0.3, 0.4) is 0 Å². The lowest BCUT2D eigenvalue weighted by Crippen LogP contribution is -2.17. The third-order valence-electron chi connectivity index (χ3n) is 2.01. The molecule has 0 saturated carbocycles. The predicted octanol–water partition coefficient (Wildman–Crippen LogP) is 1.28. The highest BCUT2D eigenvalue weighted by molar-refractivity contribution is 5.51. The molecule has 6 heteroatoms. The number of anilines is 1. The summed E-state index contributed by atoms with van der Waals surface area (Å²) in [7, 11) is 0. The molecule has 0 aliphatic carbocycles. The highest BCUT2D eigenvalue weighted by Gasteiger charge is 2.31. The van der Waals surface area contributed by atoms with Crippen molar-refractivity contribution in [3.8, 4) is 0 Å². The van der Waals surface area contributed by atoms with Crippen molar-refractivity contribution in [2.75, 3.05) is 12.3 Å². The molecule has 1 rings (SSSR count). The van der Waals surface area contributed by atoms with Gasteiger partial charge in [0, 0.05) is 5.69 Å². The van der Waals surface area contributed by atoms with Crippen LogP contribution in [0.4, 0.5) is 18.9 Å². The van der Waals surface area contributed by atoms with E-state index >= 15 is 0 Å².